The molecule has 1 aliphatic heterocycles. The molecule has 24 heavy (non-hydrogen) atoms. The zero-order chi connectivity index (χ0) is 17.5. The van der Waals surface area contributed by atoms with Crippen LogP contribution >= 0.6 is 0 Å². The standard InChI is InChI=1S/C18H27F3N2O/c1-12-8-14-15(9-17(2,3)10-16(14)24-12)22-13-4-6-23(7-5-13)11-18(19,20)21/h8,13,15,22H,4-7,9-11H2,1-3H3. The number of nitrogens with zero attached hydrogens (tertiary/aromatic N) is 1. The average Bonchev–Trinajstić information content (AvgIpc) is 2.78. The normalized spacial score (nSPS) is 25.7. The van der Waals surface area contributed by atoms with Gasteiger partial charge >= 0.3 is 6.18 Å². The van der Waals surface area contributed by atoms with Crippen LogP contribution in [-0.2, 0) is 6.42 Å². The van der Waals surface area contributed by atoms with E-state index < -0.39 is 12.7 Å². The van der Waals surface area contributed by atoms with E-state index in [9.17, 15) is 13.2 Å². The van der Waals surface area contributed by atoms with Gasteiger partial charge in [-0.2, -0.15) is 13.2 Å². The second-order valence-electron chi connectivity index (χ2n) is 8.17. The molecule has 2 heterocycles. The molecule has 1 atom stereocenters. The first-order chi connectivity index (χ1) is 11.1. The number of furan rings is 1. The predicted octanol–water partition coefficient (Wildman–Crippen LogP) is 4.22. The Morgan fingerprint density at radius 3 is 2.58 bits per heavy atom. The topological polar surface area (TPSA) is 28.4 Å². The molecule has 136 valence electrons. The van der Waals surface area contributed by atoms with Gasteiger partial charge in [0.25, 0.3) is 0 Å². The summed E-state index contributed by atoms with van der Waals surface area (Å²) in [6.07, 6.45) is -0.602. The summed E-state index contributed by atoms with van der Waals surface area (Å²) in [6.45, 7) is 6.68. The van der Waals surface area contributed by atoms with E-state index in [2.05, 4.69) is 25.2 Å². The summed E-state index contributed by atoms with van der Waals surface area (Å²) >= 11 is 0. The Morgan fingerprint density at radius 2 is 1.96 bits per heavy atom. The van der Waals surface area contributed by atoms with Gasteiger partial charge in [0, 0.05) is 24.1 Å². The Balaban J connectivity index is 1.61. The van der Waals surface area contributed by atoms with Crippen molar-refractivity contribution >= 4 is 0 Å². The molecule has 3 rings (SSSR count). The molecule has 1 aromatic rings. The van der Waals surface area contributed by atoms with E-state index in [0.29, 0.717) is 13.1 Å². The molecule has 1 N–H and O–H groups in total. The second kappa shape index (κ2) is 6.37. The van der Waals surface area contributed by atoms with E-state index in [1.165, 1.54) is 10.5 Å². The number of hydrogen-bond acceptors (Lipinski definition) is 3. The van der Waals surface area contributed by atoms with E-state index in [-0.39, 0.29) is 17.5 Å². The van der Waals surface area contributed by atoms with Crippen molar-refractivity contribution in [2.45, 2.75) is 64.7 Å². The van der Waals surface area contributed by atoms with Crippen LogP contribution in [-0.4, -0.2) is 36.8 Å². The van der Waals surface area contributed by atoms with E-state index in [0.717, 1.165) is 37.2 Å². The summed E-state index contributed by atoms with van der Waals surface area (Å²) in [7, 11) is 0. The Hall–Kier alpha value is -1.01. The number of alkyl halides is 3. The third-order valence-electron chi connectivity index (χ3n) is 5.16. The van der Waals surface area contributed by atoms with Crippen molar-refractivity contribution in [2.24, 2.45) is 5.41 Å². The van der Waals surface area contributed by atoms with Gasteiger partial charge in [-0.05, 0) is 50.8 Å². The van der Waals surface area contributed by atoms with Crippen molar-refractivity contribution < 1.29 is 17.6 Å². The molecule has 0 bridgehead atoms. The molecule has 1 unspecified atom stereocenters. The van der Waals surface area contributed by atoms with Gasteiger partial charge in [-0.15, -0.1) is 0 Å². The number of rotatable bonds is 3. The van der Waals surface area contributed by atoms with Gasteiger partial charge < -0.3 is 9.73 Å². The van der Waals surface area contributed by atoms with E-state index in [4.69, 9.17) is 4.42 Å². The zero-order valence-corrected chi connectivity index (χ0v) is 14.7. The number of piperidine rings is 1. The summed E-state index contributed by atoms with van der Waals surface area (Å²) in [5.74, 6) is 2.00. The van der Waals surface area contributed by atoms with Crippen LogP contribution in [0.1, 0.15) is 56.2 Å². The van der Waals surface area contributed by atoms with Crippen molar-refractivity contribution in [3.8, 4) is 0 Å². The Bertz CT molecular complexity index is 571. The lowest BCUT2D eigenvalue weighted by molar-refractivity contribution is -0.148. The average molecular weight is 344 g/mol. The van der Waals surface area contributed by atoms with Crippen LogP contribution in [0.4, 0.5) is 13.2 Å². The van der Waals surface area contributed by atoms with Gasteiger partial charge in [0.2, 0.25) is 0 Å². The van der Waals surface area contributed by atoms with Gasteiger partial charge in [0.1, 0.15) is 11.5 Å². The first-order valence-corrected chi connectivity index (χ1v) is 8.76. The Labute approximate surface area is 141 Å². The highest BCUT2D eigenvalue weighted by Crippen LogP contribution is 2.42. The summed E-state index contributed by atoms with van der Waals surface area (Å²) < 4.78 is 43.3. The predicted molar refractivity (Wildman–Crippen MR) is 86.9 cm³/mol. The van der Waals surface area contributed by atoms with Crippen LogP contribution in [0, 0.1) is 12.3 Å². The molecule has 1 fully saturated rings. The monoisotopic (exact) mass is 344 g/mol. The minimum absolute atomic E-state index is 0.173. The fourth-order valence-electron chi connectivity index (χ4n) is 4.13. The maximum atomic E-state index is 12.5. The third-order valence-corrected chi connectivity index (χ3v) is 5.16. The van der Waals surface area contributed by atoms with Gasteiger partial charge in [-0.3, -0.25) is 4.90 Å². The Kier molecular flexibility index (Phi) is 4.73. The lowest BCUT2D eigenvalue weighted by atomic mass is 9.74. The van der Waals surface area contributed by atoms with E-state index in [1.807, 2.05) is 6.92 Å². The van der Waals surface area contributed by atoms with Crippen LogP contribution in [0.15, 0.2) is 10.5 Å². The summed E-state index contributed by atoms with van der Waals surface area (Å²) in [4.78, 5) is 1.51. The molecular weight excluding hydrogens is 317 g/mol. The number of hydrogen-bond donors (Lipinski definition) is 1. The fourth-order valence-corrected chi connectivity index (χ4v) is 4.13. The minimum Gasteiger partial charge on any atom is -0.466 e. The highest BCUT2D eigenvalue weighted by Gasteiger charge is 2.37. The number of fused-ring (bicyclic) bond motifs is 1. The molecule has 3 nitrogen and oxygen atoms in total. The van der Waals surface area contributed by atoms with Crippen LogP contribution < -0.4 is 5.32 Å². The van der Waals surface area contributed by atoms with Crippen molar-refractivity contribution in [1.82, 2.24) is 10.2 Å². The molecular formula is C18H27F3N2O. The highest BCUT2D eigenvalue weighted by molar-refractivity contribution is 5.29. The highest BCUT2D eigenvalue weighted by atomic mass is 19.4. The van der Waals surface area contributed by atoms with Crippen molar-refractivity contribution in [2.75, 3.05) is 19.6 Å². The Morgan fingerprint density at radius 1 is 1.29 bits per heavy atom. The molecule has 6 heteroatoms. The summed E-state index contributed by atoms with van der Waals surface area (Å²) in [5.41, 5.74) is 1.41. The van der Waals surface area contributed by atoms with Gasteiger partial charge in [0.05, 0.1) is 6.54 Å². The maximum Gasteiger partial charge on any atom is 0.401 e. The number of nitrogens with one attached hydrogen (secondary N) is 1. The molecule has 0 amide bonds. The van der Waals surface area contributed by atoms with Gasteiger partial charge in [-0.1, -0.05) is 13.8 Å². The minimum atomic E-state index is -4.10. The fraction of sp³-hybridized carbons (Fsp3) is 0.778. The molecule has 0 spiro atoms. The lowest BCUT2D eigenvalue weighted by Gasteiger charge is -2.39. The molecule has 1 saturated heterocycles. The largest absolute Gasteiger partial charge is 0.466 e. The van der Waals surface area contributed by atoms with Gasteiger partial charge in [0.15, 0.2) is 0 Å². The molecule has 0 aromatic carbocycles. The lowest BCUT2D eigenvalue weighted by Crippen LogP contribution is -2.47. The van der Waals surface area contributed by atoms with Crippen molar-refractivity contribution in [3.05, 3.63) is 23.2 Å². The van der Waals surface area contributed by atoms with Gasteiger partial charge in [-0.25, -0.2) is 0 Å². The number of likely N-dealkylation sites (tertiary alicyclic amines) is 1. The summed E-state index contributed by atoms with van der Waals surface area (Å²) in [6, 6.07) is 2.62. The van der Waals surface area contributed by atoms with Crippen LogP contribution in [0.5, 0.6) is 0 Å². The molecule has 2 aliphatic rings. The summed E-state index contributed by atoms with van der Waals surface area (Å²) in [5, 5.41) is 3.70. The van der Waals surface area contributed by atoms with Crippen molar-refractivity contribution in [3.63, 3.8) is 0 Å². The molecule has 0 saturated carbocycles. The molecule has 1 aromatic heterocycles. The first kappa shape index (κ1) is 17.8. The first-order valence-electron chi connectivity index (χ1n) is 8.76. The molecule has 0 radical (unpaired) electrons. The third kappa shape index (κ3) is 4.33. The zero-order valence-electron chi connectivity index (χ0n) is 14.7. The number of aryl methyl sites for hydroxylation is 1. The smallest absolute Gasteiger partial charge is 0.401 e. The maximum absolute atomic E-state index is 12.5. The van der Waals surface area contributed by atoms with Crippen molar-refractivity contribution in [1.29, 1.82) is 0 Å². The molecule has 1 aliphatic carbocycles. The quantitative estimate of drug-likeness (QED) is 0.890. The van der Waals surface area contributed by atoms with E-state index >= 15 is 0 Å². The van der Waals surface area contributed by atoms with Crippen LogP contribution in [0.3, 0.4) is 0 Å². The van der Waals surface area contributed by atoms with E-state index in [1.54, 1.807) is 0 Å². The van der Waals surface area contributed by atoms with Crippen LogP contribution in [0.2, 0.25) is 0 Å². The second-order valence-corrected chi connectivity index (χ2v) is 8.17. The SMILES string of the molecule is Cc1cc2c(o1)CC(C)(C)CC2NC1CCN(CC(F)(F)F)CC1. The number of halogens is 3. The van der Waals surface area contributed by atoms with Crippen LogP contribution in [0.25, 0.3) is 0 Å².